The average molecular weight is 291 g/mol. The zero-order valence-electron chi connectivity index (χ0n) is 12.3. The maximum absolute atomic E-state index is 12.1. The SMILES string of the molecule is CCCC(NC(=O)C1CC1c1ccc(OC)cc1)C(=O)O. The molecule has 3 atom stereocenters. The standard InChI is InChI=1S/C16H21NO4/c1-3-4-14(16(19)20)17-15(18)13-9-12(13)10-5-7-11(21-2)8-6-10/h5-8,12-14H,3-4,9H2,1-2H3,(H,17,18)(H,19,20). The van der Waals surface area contributed by atoms with E-state index in [1.54, 1.807) is 7.11 Å². The second kappa shape index (κ2) is 6.61. The Hall–Kier alpha value is -2.04. The second-order valence-corrected chi connectivity index (χ2v) is 5.41. The third-order valence-electron chi connectivity index (χ3n) is 3.86. The largest absolute Gasteiger partial charge is 0.497 e. The number of carboxylic acid groups (broad SMARTS) is 1. The Kier molecular flexibility index (Phi) is 4.83. The first-order valence-electron chi connectivity index (χ1n) is 7.24. The number of ether oxygens (including phenoxy) is 1. The molecule has 2 N–H and O–H groups in total. The lowest BCUT2D eigenvalue weighted by Crippen LogP contribution is -2.41. The molecule has 1 aromatic carbocycles. The fourth-order valence-corrected chi connectivity index (χ4v) is 2.53. The zero-order chi connectivity index (χ0) is 15.4. The highest BCUT2D eigenvalue weighted by atomic mass is 16.5. The minimum absolute atomic E-state index is 0.114. The van der Waals surface area contributed by atoms with E-state index in [0.29, 0.717) is 6.42 Å². The molecule has 0 aliphatic heterocycles. The first kappa shape index (κ1) is 15.4. The van der Waals surface area contributed by atoms with E-state index in [9.17, 15) is 9.59 Å². The molecule has 1 aromatic rings. The highest BCUT2D eigenvalue weighted by Crippen LogP contribution is 2.47. The minimum atomic E-state index is -0.966. The number of hydrogen-bond donors (Lipinski definition) is 2. The first-order valence-corrected chi connectivity index (χ1v) is 7.24. The number of methoxy groups -OCH3 is 1. The van der Waals surface area contributed by atoms with E-state index in [-0.39, 0.29) is 17.7 Å². The van der Waals surface area contributed by atoms with Crippen molar-refractivity contribution in [3.05, 3.63) is 29.8 Å². The van der Waals surface area contributed by atoms with Gasteiger partial charge >= 0.3 is 5.97 Å². The smallest absolute Gasteiger partial charge is 0.326 e. The Bertz CT molecular complexity index is 512. The number of hydrogen-bond acceptors (Lipinski definition) is 3. The third-order valence-corrected chi connectivity index (χ3v) is 3.86. The summed E-state index contributed by atoms with van der Waals surface area (Å²) in [5.41, 5.74) is 1.10. The Morgan fingerprint density at radius 2 is 2.05 bits per heavy atom. The van der Waals surface area contributed by atoms with E-state index in [2.05, 4.69) is 5.32 Å². The Morgan fingerprint density at radius 3 is 2.57 bits per heavy atom. The molecule has 21 heavy (non-hydrogen) atoms. The maximum atomic E-state index is 12.1. The Morgan fingerprint density at radius 1 is 1.38 bits per heavy atom. The van der Waals surface area contributed by atoms with Crippen LogP contribution < -0.4 is 10.1 Å². The third kappa shape index (κ3) is 3.74. The van der Waals surface area contributed by atoms with Crippen molar-refractivity contribution in [2.24, 2.45) is 5.92 Å². The number of amides is 1. The molecule has 5 heteroatoms. The molecular weight excluding hydrogens is 270 g/mol. The van der Waals surface area contributed by atoms with E-state index in [0.717, 1.165) is 24.2 Å². The molecule has 0 aromatic heterocycles. The van der Waals surface area contributed by atoms with Crippen molar-refractivity contribution >= 4 is 11.9 Å². The number of nitrogens with one attached hydrogen (secondary N) is 1. The molecule has 1 aliphatic rings. The number of benzene rings is 1. The van der Waals surface area contributed by atoms with E-state index in [4.69, 9.17) is 9.84 Å². The summed E-state index contributed by atoms with van der Waals surface area (Å²) in [7, 11) is 1.61. The highest BCUT2D eigenvalue weighted by molar-refractivity contribution is 5.87. The van der Waals surface area contributed by atoms with Gasteiger partial charge in [-0.3, -0.25) is 4.79 Å². The molecule has 1 saturated carbocycles. The fraction of sp³-hybridized carbons (Fsp3) is 0.500. The van der Waals surface area contributed by atoms with Gasteiger partial charge in [-0.15, -0.1) is 0 Å². The van der Waals surface area contributed by atoms with Crippen molar-refractivity contribution in [1.82, 2.24) is 5.32 Å². The summed E-state index contributed by atoms with van der Waals surface area (Å²) in [5, 5.41) is 11.7. The summed E-state index contributed by atoms with van der Waals surface area (Å²) < 4.78 is 5.10. The molecule has 114 valence electrons. The van der Waals surface area contributed by atoms with Crippen LogP contribution in [-0.2, 0) is 9.59 Å². The Balaban J connectivity index is 1.92. The molecule has 2 rings (SSSR count). The van der Waals surface area contributed by atoms with Crippen LogP contribution in [0.2, 0.25) is 0 Å². The molecule has 1 amide bonds. The van der Waals surface area contributed by atoms with Gasteiger partial charge in [-0.2, -0.15) is 0 Å². The number of carboxylic acids is 1. The quantitative estimate of drug-likeness (QED) is 0.807. The van der Waals surface area contributed by atoms with Crippen LogP contribution in [0.5, 0.6) is 5.75 Å². The lowest BCUT2D eigenvalue weighted by Gasteiger charge is -2.13. The van der Waals surface area contributed by atoms with Gasteiger partial charge in [-0.1, -0.05) is 25.5 Å². The van der Waals surface area contributed by atoms with Crippen molar-refractivity contribution in [1.29, 1.82) is 0 Å². The van der Waals surface area contributed by atoms with Gasteiger partial charge in [0, 0.05) is 5.92 Å². The number of rotatable bonds is 7. The van der Waals surface area contributed by atoms with Crippen LogP contribution in [0.1, 0.15) is 37.7 Å². The topological polar surface area (TPSA) is 75.6 Å². The minimum Gasteiger partial charge on any atom is -0.497 e. The highest BCUT2D eigenvalue weighted by Gasteiger charge is 2.44. The van der Waals surface area contributed by atoms with Crippen LogP contribution in [0.4, 0.5) is 0 Å². The van der Waals surface area contributed by atoms with E-state index in [1.807, 2.05) is 31.2 Å². The van der Waals surface area contributed by atoms with Crippen molar-refractivity contribution in [3.8, 4) is 5.75 Å². The number of aliphatic carboxylic acids is 1. The number of carbonyl (C=O) groups is 2. The first-order chi connectivity index (χ1) is 10.1. The van der Waals surface area contributed by atoms with Crippen molar-refractivity contribution < 1.29 is 19.4 Å². The Labute approximate surface area is 124 Å². The van der Waals surface area contributed by atoms with Crippen LogP contribution in [-0.4, -0.2) is 30.1 Å². The molecule has 1 aliphatic carbocycles. The van der Waals surface area contributed by atoms with E-state index in [1.165, 1.54) is 0 Å². The van der Waals surface area contributed by atoms with Crippen molar-refractivity contribution in [2.75, 3.05) is 7.11 Å². The van der Waals surface area contributed by atoms with Gasteiger partial charge < -0.3 is 15.2 Å². The predicted octanol–water partition coefficient (Wildman–Crippen LogP) is 2.17. The molecule has 3 unspecified atom stereocenters. The molecule has 1 fully saturated rings. The molecular formula is C16H21NO4. The molecule has 5 nitrogen and oxygen atoms in total. The van der Waals surface area contributed by atoms with Crippen LogP contribution >= 0.6 is 0 Å². The number of carbonyl (C=O) groups excluding carboxylic acids is 1. The van der Waals surface area contributed by atoms with Crippen LogP contribution in [0.15, 0.2) is 24.3 Å². The van der Waals surface area contributed by atoms with E-state index >= 15 is 0 Å². The summed E-state index contributed by atoms with van der Waals surface area (Å²) >= 11 is 0. The lowest BCUT2D eigenvalue weighted by molar-refractivity contribution is -0.142. The zero-order valence-corrected chi connectivity index (χ0v) is 12.3. The van der Waals surface area contributed by atoms with Crippen LogP contribution in [0, 0.1) is 5.92 Å². The van der Waals surface area contributed by atoms with Gasteiger partial charge in [0.05, 0.1) is 7.11 Å². The predicted molar refractivity (Wildman–Crippen MR) is 78.3 cm³/mol. The summed E-state index contributed by atoms with van der Waals surface area (Å²) in [4.78, 5) is 23.2. The molecule has 0 bridgehead atoms. The van der Waals surface area contributed by atoms with Gasteiger partial charge in [-0.25, -0.2) is 4.79 Å². The van der Waals surface area contributed by atoms with Crippen LogP contribution in [0.3, 0.4) is 0 Å². The second-order valence-electron chi connectivity index (χ2n) is 5.41. The monoisotopic (exact) mass is 291 g/mol. The summed E-state index contributed by atoms with van der Waals surface area (Å²) in [6, 6.07) is 6.88. The van der Waals surface area contributed by atoms with Gasteiger partial charge in [0.25, 0.3) is 0 Å². The summed E-state index contributed by atoms with van der Waals surface area (Å²) in [6.45, 7) is 1.90. The maximum Gasteiger partial charge on any atom is 0.326 e. The molecule has 0 heterocycles. The average Bonchev–Trinajstić information content (AvgIpc) is 3.27. The van der Waals surface area contributed by atoms with Crippen molar-refractivity contribution in [3.63, 3.8) is 0 Å². The van der Waals surface area contributed by atoms with Gasteiger partial charge in [0.15, 0.2) is 0 Å². The molecule has 0 saturated heterocycles. The summed E-state index contributed by atoms with van der Waals surface area (Å²) in [6.07, 6.45) is 1.96. The van der Waals surface area contributed by atoms with Crippen LogP contribution in [0.25, 0.3) is 0 Å². The lowest BCUT2D eigenvalue weighted by atomic mass is 10.1. The van der Waals surface area contributed by atoms with Gasteiger partial charge in [0.1, 0.15) is 11.8 Å². The van der Waals surface area contributed by atoms with Gasteiger partial charge in [-0.05, 0) is 36.5 Å². The molecule has 0 radical (unpaired) electrons. The summed E-state index contributed by atoms with van der Waals surface area (Å²) in [5.74, 6) is -0.262. The van der Waals surface area contributed by atoms with E-state index < -0.39 is 12.0 Å². The normalized spacial score (nSPS) is 21.4. The van der Waals surface area contributed by atoms with Crippen molar-refractivity contribution in [2.45, 2.75) is 38.1 Å². The molecule has 0 spiro atoms. The fourth-order valence-electron chi connectivity index (χ4n) is 2.53. The van der Waals surface area contributed by atoms with Gasteiger partial charge in [0.2, 0.25) is 5.91 Å².